The highest BCUT2D eigenvalue weighted by atomic mass is 16.5. The summed E-state index contributed by atoms with van der Waals surface area (Å²) in [5, 5.41) is 0. The van der Waals surface area contributed by atoms with Crippen LogP contribution in [0.1, 0.15) is 149 Å². The van der Waals surface area contributed by atoms with Crippen molar-refractivity contribution in [1.29, 1.82) is 0 Å². The minimum Gasteiger partial charge on any atom is -0.462 e. The Hall–Kier alpha value is -3.17. The van der Waals surface area contributed by atoms with Gasteiger partial charge >= 0.3 is 5.97 Å². The molecule has 0 radical (unpaired) electrons. The molecule has 5 aliphatic carbocycles. The van der Waals surface area contributed by atoms with Gasteiger partial charge in [0.25, 0.3) is 0 Å². The maximum Gasteiger partial charge on any atom is 0.306 e. The predicted octanol–water partition coefficient (Wildman–Crippen LogP) is 13.8. The van der Waals surface area contributed by atoms with Crippen molar-refractivity contribution < 1.29 is 14.3 Å². The zero-order valence-electron chi connectivity index (χ0n) is 36.5. The van der Waals surface area contributed by atoms with Crippen molar-refractivity contribution in [3.05, 3.63) is 120 Å². The van der Waals surface area contributed by atoms with Gasteiger partial charge in [-0.25, -0.2) is 0 Å². The zero-order valence-corrected chi connectivity index (χ0v) is 36.5. The Bertz CT molecular complexity index is 1790. The summed E-state index contributed by atoms with van der Waals surface area (Å²) >= 11 is 0. The first kappa shape index (κ1) is 40.6. The minimum atomic E-state index is -0.711. The maximum atomic E-state index is 12.9. The fraction of sp³-hybridized carbons (Fsp3) is 0.611. The number of esters is 1. The fourth-order valence-corrected chi connectivity index (χ4v) is 15.3. The van der Waals surface area contributed by atoms with Crippen molar-refractivity contribution in [2.75, 3.05) is 6.61 Å². The number of ether oxygens (including phenoxy) is 2. The quantitative estimate of drug-likeness (QED) is 0.111. The molecule has 8 rings (SSSR count). The molecule has 10 atom stereocenters. The predicted molar refractivity (Wildman–Crippen MR) is 234 cm³/mol. The van der Waals surface area contributed by atoms with E-state index in [-0.39, 0.29) is 39.1 Å². The van der Waals surface area contributed by atoms with E-state index in [4.69, 9.17) is 16.1 Å². The number of carbonyl (C=O) groups excluding carboxylic acids is 1. The molecule has 0 unspecified atom stereocenters. The van der Waals surface area contributed by atoms with E-state index in [1.165, 1.54) is 80.1 Å². The van der Waals surface area contributed by atoms with Gasteiger partial charge in [-0.15, -0.1) is 0 Å². The molecular formula is C54H72O3. The lowest BCUT2D eigenvalue weighted by Crippen LogP contribution is -2.67. The van der Waals surface area contributed by atoms with Gasteiger partial charge in [-0.2, -0.15) is 0 Å². The van der Waals surface area contributed by atoms with Crippen LogP contribution in [-0.4, -0.2) is 18.7 Å². The lowest BCUT2D eigenvalue weighted by molar-refractivity contribution is -0.253. The van der Waals surface area contributed by atoms with Crippen LogP contribution in [0.3, 0.4) is 0 Å². The van der Waals surface area contributed by atoms with Crippen LogP contribution < -0.4 is 0 Å². The molecule has 0 aromatic heterocycles. The van der Waals surface area contributed by atoms with E-state index < -0.39 is 5.60 Å². The lowest BCUT2D eigenvalue weighted by atomic mass is 9.32. The van der Waals surface area contributed by atoms with Gasteiger partial charge in [0, 0.05) is 11.8 Å². The second-order valence-electron chi connectivity index (χ2n) is 21.1. The number of benzene rings is 3. The normalized spacial score (nSPS) is 36.9. The van der Waals surface area contributed by atoms with E-state index in [2.05, 4.69) is 139 Å². The average molecular weight is 769 g/mol. The molecule has 5 aliphatic rings. The highest BCUT2D eigenvalue weighted by molar-refractivity contribution is 5.69. The summed E-state index contributed by atoms with van der Waals surface area (Å²) in [5.74, 6) is 2.99. The van der Waals surface area contributed by atoms with Crippen LogP contribution in [0, 0.1) is 56.7 Å². The fourth-order valence-electron chi connectivity index (χ4n) is 15.3. The van der Waals surface area contributed by atoms with Crippen LogP contribution in [0.2, 0.25) is 0 Å². The average Bonchev–Trinajstić information content (AvgIpc) is 3.60. The summed E-state index contributed by atoms with van der Waals surface area (Å²) in [5.41, 5.74) is 5.08. The third-order valence-electron chi connectivity index (χ3n) is 18.3. The van der Waals surface area contributed by atoms with Gasteiger partial charge in [0.15, 0.2) is 0 Å². The molecule has 3 nitrogen and oxygen atoms in total. The Kier molecular flexibility index (Phi) is 10.8. The Morgan fingerprint density at radius 1 is 0.702 bits per heavy atom. The summed E-state index contributed by atoms with van der Waals surface area (Å²) in [7, 11) is 0. The Labute approximate surface area is 345 Å². The molecule has 0 aliphatic heterocycles. The Morgan fingerprint density at radius 2 is 1.30 bits per heavy atom. The number of hydrogen-bond acceptors (Lipinski definition) is 3. The van der Waals surface area contributed by atoms with E-state index in [1.807, 2.05) is 0 Å². The topological polar surface area (TPSA) is 35.5 Å². The zero-order chi connectivity index (χ0) is 40.3. The molecule has 0 saturated heterocycles. The molecule has 0 amide bonds. The lowest BCUT2D eigenvalue weighted by Gasteiger charge is -2.73. The summed E-state index contributed by atoms with van der Waals surface area (Å²) < 4.78 is 14.1. The minimum absolute atomic E-state index is 0.0130. The molecule has 0 N–H and O–H groups in total. The van der Waals surface area contributed by atoms with Crippen molar-refractivity contribution >= 4 is 5.97 Å². The van der Waals surface area contributed by atoms with Crippen molar-refractivity contribution in [3.63, 3.8) is 0 Å². The van der Waals surface area contributed by atoms with Crippen molar-refractivity contribution in [2.45, 2.75) is 144 Å². The first-order valence-electron chi connectivity index (χ1n) is 22.9. The van der Waals surface area contributed by atoms with Crippen LogP contribution in [0.25, 0.3) is 0 Å². The van der Waals surface area contributed by atoms with Crippen molar-refractivity contribution in [2.24, 2.45) is 56.7 Å². The molecule has 3 aromatic rings. The number of carbonyl (C=O) groups is 1. The highest BCUT2D eigenvalue weighted by Gasteiger charge is 2.71. The van der Waals surface area contributed by atoms with Gasteiger partial charge in [-0.3, -0.25) is 4.79 Å². The van der Waals surface area contributed by atoms with Gasteiger partial charge < -0.3 is 9.47 Å². The molecule has 5 fully saturated rings. The van der Waals surface area contributed by atoms with Crippen LogP contribution in [0.4, 0.5) is 0 Å². The van der Waals surface area contributed by atoms with E-state index in [0.29, 0.717) is 36.0 Å². The first-order valence-corrected chi connectivity index (χ1v) is 22.9. The summed E-state index contributed by atoms with van der Waals surface area (Å²) in [6.07, 6.45) is 14.7. The van der Waals surface area contributed by atoms with Gasteiger partial charge in [0.2, 0.25) is 0 Å². The van der Waals surface area contributed by atoms with E-state index in [1.54, 1.807) is 0 Å². The van der Waals surface area contributed by atoms with E-state index in [0.717, 1.165) is 25.9 Å². The van der Waals surface area contributed by atoms with Crippen molar-refractivity contribution in [1.82, 2.24) is 0 Å². The van der Waals surface area contributed by atoms with Crippen molar-refractivity contribution in [3.8, 4) is 0 Å². The summed E-state index contributed by atoms with van der Waals surface area (Å²) in [4.78, 5) is 12.9. The number of rotatable bonds is 11. The molecule has 57 heavy (non-hydrogen) atoms. The molecule has 3 heteroatoms. The molecule has 0 heterocycles. The Balaban J connectivity index is 1.13. The van der Waals surface area contributed by atoms with Crippen LogP contribution in [0.15, 0.2) is 103 Å². The molecule has 0 spiro atoms. The van der Waals surface area contributed by atoms with Gasteiger partial charge in [0.05, 0.1) is 6.61 Å². The summed E-state index contributed by atoms with van der Waals surface area (Å²) in [6.45, 7) is 23.0. The number of allylic oxidation sites excluding steroid dienone is 1. The SMILES string of the molecule is C=C(C)[C@@H]1CC[C@]2(COC(c3ccccc3)(c3ccccc3)c3ccccc3)CC[C@]3(C)[C@H](CC[C@@H]4[C@@]5(C)CC[C@H](OC(=O)CCCC)C(C)(C)[C@@H]5CC[C@]43C)[C@@H]12. The van der Waals surface area contributed by atoms with E-state index in [9.17, 15) is 4.79 Å². The molecular weight excluding hydrogens is 697 g/mol. The second kappa shape index (κ2) is 15.1. The summed E-state index contributed by atoms with van der Waals surface area (Å²) in [6, 6.07) is 33.0. The van der Waals surface area contributed by atoms with Crippen LogP contribution >= 0.6 is 0 Å². The first-order chi connectivity index (χ1) is 27.3. The molecule has 5 saturated carbocycles. The maximum absolute atomic E-state index is 12.9. The largest absolute Gasteiger partial charge is 0.462 e. The smallest absolute Gasteiger partial charge is 0.306 e. The number of unbranched alkanes of at least 4 members (excludes halogenated alkanes) is 1. The highest BCUT2D eigenvalue weighted by Crippen LogP contribution is 2.77. The molecule has 3 aromatic carbocycles. The third kappa shape index (κ3) is 6.33. The third-order valence-corrected chi connectivity index (χ3v) is 18.3. The Morgan fingerprint density at radius 3 is 1.86 bits per heavy atom. The number of fused-ring (bicyclic) bond motifs is 7. The van der Waals surface area contributed by atoms with Gasteiger partial charge in [-0.05, 0) is 145 Å². The monoisotopic (exact) mass is 769 g/mol. The second-order valence-corrected chi connectivity index (χ2v) is 21.1. The van der Waals surface area contributed by atoms with Gasteiger partial charge in [-0.1, -0.05) is 151 Å². The van der Waals surface area contributed by atoms with Gasteiger partial charge in [0.1, 0.15) is 11.7 Å². The number of hydrogen-bond donors (Lipinski definition) is 0. The van der Waals surface area contributed by atoms with Crippen LogP contribution in [0.5, 0.6) is 0 Å². The molecule has 306 valence electrons. The molecule has 0 bridgehead atoms. The standard InChI is InChI=1S/C54H72O3/c1-9-10-26-47(55)57-46-31-32-50(6)44(49(46,4)5)30-33-52(8)45(50)28-27-43-48-42(38(2)3)29-34-53(48,36-35-51(43,52)7)37-56-54(39-20-14-11-15-21-39,40-22-16-12-17-23-40)41-24-18-13-19-25-41/h11-25,42-46,48H,2,9-10,26-37H2,1,3-8H3/t42-,43+,44-,45+,46-,48+,50-,51+,52+,53+/m0/s1. The van der Waals surface area contributed by atoms with E-state index >= 15 is 0 Å². The van der Waals surface area contributed by atoms with Crippen LogP contribution in [-0.2, 0) is 19.9 Å².